The van der Waals surface area contributed by atoms with Gasteiger partial charge in [0.05, 0.1) is 36.1 Å². The number of amides is 1. The van der Waals surface area contributed by atoms with E-state index in [2.05, 4.69) is 10.0 Å². The molecule has 3 aromatic carbocycles. The monoisotopic (exact) mass is 567 g/mol. The van der Waals surface area contributed by atoms with Gasteiger partial charge in [-0.05, 0) is 73.7 Å². The molecule has 0 aliphatic heterocycles. The summed E-state index contributed by atoms with van der Waals surface area (Å²) < 4.78 is 64.0. The van der Waals surface area contributed by atoms with E-state index in [9.17, 15) is 21.6 Å². The van der Waals surface area contributed by atoms with Gasteiger partial charge < -0.3 is 14.8 Å². The standard InChI is InChI=1S/C24H26ClN3O7S2/c1-16(28(36(4,30)31)19-9-14-23(35-3)22(25)15-19)24(29)26-17-7-12-21(13-8-17)37(32,33)27-18-5-10-20(34-2)11-6-18/h5-16,27H,1-4H3,(H,26,29)/t16-/m1/s1. The van der Waals surface area contributed by atoms with Crippen molar-refractivity contribution in [3.63, 3.8) is 0 Å². The Morgan fingerprint density at radius 1 is 0.892 bits per heavy atom. The van der Waals surface area contributed by atoms with Crippen LogP contribution in [0.2, 0.25) is 5.02 Å². The highest BCUT2D eigenvalue weighted by Gasteiger charge is 2.30. The van der Waals surface area contributed by atoms with Crippen LogP contribution in [0.25, 0.3) is 0 Å². The lowest BCUT2D eigenvalue weighted by Gasteiger charge is -2.28. The van der Waals surface area contributed by atoms with Crippen molar-refractivity contribution < 1.29 is 31.1 Å². The van der Waals surface area contributed by atoms with Crippen LogP contribution in [0.3, 0.4) is 0 Å². The molecular weight excluding hydrogens is 542 g/mol. The molecule has 0 heterocycles. The molecule has 0 fully saturated rings. The zero-order chi connectivity index (χ0) is 27.4. The number of carbonyl (C=O) groups excluding carboxylic acids is 1. The van der Waals surface area contributed by atoms with Crippen LogP contribution in [-0.2, 0) is 24.8 Å². The third-order valence-electron chi connectivity index (χ3n) is 5.25. The Hall–Kier alpha value is -3.48. The maximum Gasteiger partial charge on any atom is 0.261 e. The van der Waals surface area contributed by atoms with E-state index in [0.717, 1.165) is 10.6 Å². The smallest absolute Gasteiger partial charge is 0.261 e. The molecule has 0 saturated carbocycles. The summed E-state index contributed by atoms with van der Waals surface area (Å²) in [7, 11) is -4.83. The summed E-state index contributed by atoms with van der Waals surface area (Å²) in [6.07, 6.45) is 0.977. The van der Waals surface area contributed by atoms with Crippen LogP contribution in [-0.4, -0.2) is 49.3 Å². The average molecular weight is 568 g/mol. The first kappa shape index (κ1) is 28.1. The molecule has 10 nitrogen and oxygen atoms in total. The van der Waals surface area contributed by atoms with E-state index in [0.29, 0.717) is 17.2 Å². The summed E-state index contributed by atoms with van der Waals surface area (Å²) in [5.74, 6) is 0.304. The summed E-state index contributed by atoms with van der Waals surface area (Å²) >= 11 is 6.15. The summed E-state index contributed by atoms with van der Waals surface area (Å²) in [5.41, 5.74) is 0.815. The average Bonchev–Trinajstić information content (AvgIpc) is 2.84. The van der Waals surface area contributed by atoms with Crippen molar-refractivity contribution >= 4 is 54.6 Å². The Kier molecular flexibility index (Phi) is 8.57. The Bertz CT molecular complexity index is 1480. The Balaban J connectivity index is 1.76. The van der Waals surface area contributed by atoms with E-state index >= 15 is 0 Å². The van der Waals surface area contributed by atoms with E-state index in [-0.39, 0.29) is 21.3 Å². The van der Waals surface area contributed by atoms with Gasteiger partial charge in [-0.2, -0.15) is 0 Å². The van der Waals surface area contributed by atoms with E-state index in [1.165, 1.54) is 63.6 Å². The summed E-state index contributed by atoms with van der Waals surface area (Å²) in [6, 6.07) is 15.0. The lowest BCUT2D eigenvalue weighted by molar-refractivity contribution is -0.116. The minimum atomic E-state index is -3.89. The molecule has 0 radical (unpaired) electrons. The highest BCUT2D eigenvalue weighted by Crippen LogP contribution is 2.31. The van der Waals surface area contributed by atoms with Crippen molar-refractivity contribution in [1.29, 1.82) is 0 Å². The van der Waals surface area contributed by atoms with Crippen LogP contribution < -0.4 is 23.8 Å². The number of hydrogen-bond donors (Lipinski definition) is 2. The SMILES string of the molecule is COc1ccc(NS(=O)(=O)c2ccc(NC(=O)[C@@H](C)N(c3ccc(OC)c(Cl)c3)S(C)(=O)=O)cc2)cc1. The summed E-state index contributed by atoms with van der Waals surface area (Å²) in [6.45, 7) is 1.42. The van der Waals surface area contributed by atoms with Gasteiger partial charge in [-0.1, -0.05) is 11.6 Å². The fourth-order valence-corrected chi connectivity index (χ4v) is 5.92. The minimum Gasteiger partial charge on any atom is -0.497 e. The Labute approximate surface area is 221 Å². The number of halogens is 1. The molecule has 0 bridgehead atoms. The Morgan fingerprint density at radius 2 is 1.49 bits per heavy atom. The number of hydrogen-bond acceptors (Lipinski definition) is 7. The van der Waals surface area contributed by atoms with Crippen LogP contribution in [0.15, 0.2) is 71.6 Å². The van der Waals surface area contributed by atoms with Crippen molar-refractivity contribution in [2.75, 3.05) is 34.8 Å². The maximum absolute atomic E-state index is 12.9. The van der Waals surface area contributed by atoms with Gasteiger partial charge in [0.1, 0.15) is 17.5 Å². The number of benzene rings is 3. The maximum atomic E-state index is 12.9. The second-order valence-electron chi connectivity index (χ2n) is 7.90. The normalized spacial score (nSPS) is 12.4. The van der Waals surface area contributed by atoms with Gasteiger partial charge >= 0.3 is 0 Å². The van der Waals surface area contributed by atoms with Gasteiger partial charge in [-0.25, -0.2) is 16.8 Å². The fraction of sp³-hybridized carbons (Fsp3) is 0.208. The molecule has 0 aromatic heterocycles. The van der Waals surface area contributed by atoms with Gasteiger partial charge in [0.25, 0.3) is 10.0 Å². The zero-order valence-electron chi connectivity index (χ0n) is 20.4. The highest BCUT2D eigenvalue weighted by molar-refractivity contribution is 7.92. The van der Waals surface area contributed by atoms with Crippen molar-refractivity contribution in [2.45, 2.75) is 17.9 Å². The number of methoxy groups -OCH3 is 2. The van der Waals surface area contributed by atoms with Gasteiger partial charge in [0.15, 0.2) is 0 Å². The summed E-state index contributed by atoms with van der Waals surface area (Å²) in [5, 5.41) is 2.79. The van der Waals surface area contributed by atoms with E-state index in [4.69, 9.17) is 21.1 Å². The first-order valence-electron chi connectivity index (χ1n) is 10.8. The number of sulfonamides is 2. The number of anilines is 3. The second-order valence-corrected chi connectivity index (χ2v) is 11.9. The van der Waals surface area contributed by atoms with Gasteiger partial charge in [-0.15, -0.1) is 0 Å². The largest absolute Gasteiger partial charge is 0.497 e. The number of nitrogens with zero attached hydrogens (tertiary/aromatic N) is 1. The molecule has 0 saturated heterocycles. The topological polar surface area (TPSA) is 131 Å². The van der Waals surface area contributed by atoms with Gasteiger partial charge in [-0.3, -0.25) is 13.8 Å². The van der Waals surface area contributed by atoms with Crippen LogP contribution in [0.4, 0.5) is 17.1 Å². The molecule has 13 heteroatoms. The highest BCUT2D eigenvalue weighted by atomic mass is 35.5. The second kappa shape index (κ2) is 11.3. The van der Waals surface area contributed by atoms with E-state index in [1.807, 2.05) is 0 Å². The van der Waals surface area contributed by atoms with E-state index < -0.39 is 32.0 Å². The van der Waals surface area contributed by atoms with Gasteiger partial charge in [0, 0.05) is 11.4 Å². The lowest BCUT2D eigenvalue weighted by Crippen LogP contribution is -2.45. The summed E-state index contributed by atoms with van der Waals surface area (Å²) in [4.78, 5) is 12.9. The zero-order valence-corrected chi connectivity index (χ0v) is 22.8. The minimum absolute atomic E-state index is 0.0278. The molecule has 1 atom stereocenters. The molecule has 0 spiro atoms. The molecule has 3 rings (SSSR count). The van der Waals surface area contributed by atoms with Crippen LogP contribution in [0, 0.1) is 0 Å². The van der Waals surface area contributed by atoms with Crippen molar-refractivity contribution in [1.82, 2.24) is 0 Å². The predicted octanol–water partition coefficient (Wildman–Crippen LogP) is 3.95. The lowest BCUT2D eigenvalue weighted by atomic mass is 10.2. The molecule has 37 heavy (non-hydrogen) atoms. The van der Waals surface area contributed by atoms with Crippen LogP contribution >= 0.6 is 11.6 Å². The number of rotatable bonds is 10. The third kappa shape index (κ3) is 6.85. The van der Waals surface area contributed by atoms with E-state index in [1.54, 1.807) is 24.3 Å². The van der Waals surface area contributed by atoms with Gasteiger partial charge in [0.2, 0.25) is 15.9 Å². The number of carbonyl (C=O) groups is 1. The van der Waals surface area contributed by atoms with Crippen molar-refractivity contribution in [2.24, 2.45) is 0 Å². The molecule has 3 aromatic rings. The molecule has 0 aliphatic carbocycles. The van der Waals surface area contributed by atoms with Crippen molar-refractivity contribution in [3.05, 3.63) is 71.8 Å². The van der Waals surface area contributed by atoms with Crippen LogP contribution in [0.1, 0.15) is 6.92 Å². The first-order valence-corrected chi connectivity index (χ1v) is 14.5. The Morgan fingerprint density at radius 3 is 2.00 bits per heavy atom. The molecular formula is C24H26ClN3O7S2. The first-order chi connectivity index (χ1) is 17.4. The molecule has 2 N–H and O–H groups in total. The molecule has 1 amide bonds. The predicted molar refractivity (Wildman–Crippen MR) is 144 cm³/mol. The molecule has 0 unspecified atom stereocenters. The molecule has 198 valence electrons. The molecule has 0 aliphatic rings. The van der Waals surface area contributed by atoms with Crippen molar-refractivity contribution in [3.8, 4) is 11.5 Å². The van der Waals surface area contributed by atoms with Crippen LogP contribution in [0.5, 0.6) is 11.5 Å². The third-order valence-corrected chi connectivity index (χ3v) is 8.19. The number of ether oxygens (including phenoxy) is 2. The fourth-order valence-electron chi connectivity index (χ4n) is 3.44. The quantitative estimate of drug-likeness (QED) is 0.379. The number of nitrogens with one attached hydrogen (secondary N) is 2.